The first-order valence-corrected chi connectivity index (χ1v) is 12.5. The summed E-state index contributed by atoms with van der Waals surface area (Å²) in [5, 5.41) is 12.4. The van der Waals surface area contributed by atoms with E-state index in [-0.39, 0.29) is 30.9 Å². The molecule has 0 saturated carbocycles. The summed E-state index contributed by atoms with van der Waals surface area (Å²) in [4.78, 5) is 41.7. The molecule has 2 amide bonds. The van der Waals surface area contributed by atoms with E-state index in [0.29, 0.717) is 30.1 Å². The zero-order valence-electron chi connectivity index (χ0n) is 20.1. The largest absolute Gasteiger partial charge is 0.466 e. The summed E-state index contributed by atoms with van der Waals surface area (Å²) >= 11 is 6.34. The Kier molecular flexibility index (Phi) is 9.14. The number of unbranched alkanes of at least 4 members (excludes halogenated alkanes) is 3. The molecule has 3 rings (SSSR count). The highest BCUT2D eigenvalue weighted by Gasteiger charge is 2.56. The number of benzene rings is 1. The van der Waals surface area contributed by atoms with Gasteiger partial charge < -0.3 is 20.1 Å². The summed E-state index contributed by atoms with van der Waals surface area (Å²) in [6, 6.07) is 4.65. The van der Waals surface area contributed by atoms with Gasteiger partial charge >= 0.3 is 5.97 Å². The van der Waals surface area contributed by atoms with Gasteiger partial charge in [-0.15, -0.1) is 0 Å². The Morgan fingerprint density at radius 2 is 1.91 bits per heavy atom. The standard InChI is InChI=1S/C26H35ClN2O5/c1-4-34-26(33)20-16(2)12-13-18-21(20)25(32)29(14-7-5-6-8-15-30)23(18)24(31)28-22-17(3)10-9-11-19(22)27/h9-13,16,18,20-21,23,30H,4-8,14-15H2,1-3H3,(H,28,31)/t16-,18+,20-,21+,23+/m1/s1. The lowest BCUT2D eigenvalue weighted by molar-refractivity contribution is -0.155. The second-order valence-corrected chi connectivity index (χ2v) is 9.57. The number of aryl methyl sites for hydroxylation is 1. The van der Waals surface area contributed by atoms with Crippen LogP contribution in [0.3, 0.4) is 0 Å². The van der Waals surface area contributed by atoms with Crippen molar-refractivity contribution in [3.05, 3.63) is 40.9 Å². The fraction of sp³-hybridized carbons (Fsp3) is 0.577. The average molecular weight is 491 g/mol. The molecule has 1 aliphatic heterocycles. The van der Waals surface area contributed by atoms with E-state index >= 15 is 0 Å². The molecule has 1 aromatic carbocycles. The van der Waals surface area contributed by atoms with Gasteiger partial charge in [-0.2, -0.15) is 0 Å². The smallest absolute Gasteiger partial charge is 0.310 e. The summed E-state index contributed by atoms with van der Waals surface area (Å²) in [5.74, 6) is -2.75. The Morgan fingerprint density at radius 1 is 1.18 bits per heavy atom. The molecule has 1 heterocycles. The Hall–Kier alpha value is -2.38. The lowest BCUT2D eigenvalue weighted by atomic mass is 9.70. The quantitative estimate of drug-likeness (QED) is 0.294. The monoisotopic (exact) mass is 490 g/mol. The number of anilines is 1. The van der Waals surface area contributed by atoms with Crippen molar-refractivity contribution in [3.8, 4) is 0 Å². The first-order chi connectivity index (χ1) is 16.3. The minimum Gasteiger partial charge on any atom is -0.466 e. The van der Waals surface area contributed by atoms with Crippen LogP contribution in [0.15, 0.2) is 30.4 Å². The maximum atomic E-state index is 13.7. The van der Waals surface area contributed by atoms with Gasteiger partial charge in [0.1, 0.15) is 6.04 Å². The highest BCUT2D eigenvalue weighted by molar-refractivity contribution is 6.34. The minimum atomic E-state index is -0.744. The van der Waals surface area contributed by atoms with Crippen molar-refractivity contribution in [1.29, 1.82) is 0 Å². The van der Waals surface area contributed by atoms with Crippen molar-refractivity contribution in [3.63, 3.8) is 0 Å². The topological polar surface area (TPSA) is 95.9 Å². The fourth-order valence-electron chi connectivity index (χ4n) is 5.17. The Balaban J connectivity index is 1.91. The molecule has 1 aromatic rings. The number of carbonyl (C=O) groups excluding carboxylic acids is 3. The van der Waals surface area contributed by atoms with Gasteiger partial charge in [-0.1, -0.05) is 55.7 Å². The van der Waals surface area contributed by atoms with E-state index in [1.807, 2.05) is 38.1 Å². The third-order valence-electron chi connectivity index (χ3n) is 6.88. The number of aliphatic hydroxyl groups is 1. The van der Waals surface area contributed by atoms with Crippen LogP contribution in [0, 0.1) is 30.6 Å². The molecule has 8 heteroatoms. The van der Waals surface area contributed by atoms with Crippen molar-refractivity contribution in [2.45, 2.75) is 52.5 Å². The number of halogens is 1. The van der Waals surface area contributed by atoms with Crippen molar-refractivity contribution >= 4 is 35.1 Å². The molecule has 186 valence electrons. The number of hydrogen-bond acceptors (Lipinski definition) is 5. The lowest BCUT2D eigenvalue weighted by Gasteiger charge is -2.32. The van der Waals surface area contributed by atoms with Crippen LogP contribution in [0.1, 0.15) is 45.1 Å². The van der Waals surface area contributed by atoms with Crippen LogP contribution in [-0.2, 0) is 19.1 Å². The van der Waals surface area contributed by atoms with E-state index in [2.05, 4.69) is 5.32 Å². The van der Waals surface area contributed by atoms with E-state index in [9.17, 15) is 14.4 Å². The van der Waals surface area contributed by atoms with Crippen LogP contribution in [0.25, 0.3) is 0 Å². The number of nitrogens with zero attached hydrogens (tertiary/aromatic N) is 1. The number of likely N-dealkylation sites (tertiary alicyclic amines) is 1. The zero-order valence-corrected chi connectivity index (χ0v) is 20.9. The zero-order chi connectivity index (χ0) is 24.8. The third-order valence-corrected chi connectivity index (χ3v) is 7.19. The maximum Gasteiger partial charge on any atom is 0.310 e. The molecule has 0 unspecified atom stereocenters. The molecule has 5 atom stereocenters. The SMILES string of the molecule is CCOC(=O)[C@H]1[C@H]2C(=O)N(CCCCCCO)[C@H](C(=O)Nc3c(C)cccc3Cl)[C@H]2C=C[C@H]1C. The second kappa shape index (κ2) is 11.8. The molecular formula is C26H35ClN2O5. The Labute approximate surface area is 206 Å². The molecule has 2 N–H and O–H groups in total. The van der Waals surface area contributed by atoms with Crippen molar-refractivity contribution in [2.24, 2.45) is 23.7 Å². The highest BCUT2D eigenvalue weighted by atomic mass is 35.5. The van der Waals surface area contributed by atoms with Crippen molar-refractivity contribution in [1.82, 2.24) is 4.90 Å². The molecule has 7 nitrogen and oxygen atoms in total. The Bertz CT molecular complexity index is 914. The number of nitrogens with one attached hydrogen (secondary N) is 1. The number of fused-ring (bicyclic) bond motifs is 1. The number of rotatable bonds is 10. The first-order valence-electron chi connectivity index (χ1n) is 12.1. The molecule has 0 spiro atoms. The van der Waals surface area contributed by atoms with Crippen LogP contribution >= 0.6 is 11.6 Å². The molecular weight excluding hydrogens is 456 g/mol. The molecule has 0 radical (unpaired) electrons. The number of aliphatic hydroxyl groups excluding tert-OH is 1. The van der Waals surface area contributed by atoms with Crippen molar-refractivity contribution < 1.29 is 24.2 Å². The van der Waals surface area contributed by atoms with Gasteiger partial charge in [-0.3, -0.25) is 14.4 Å². The summed E-state index contributed by atoms with van der Waals surface area (Å²) in [5.41, 5.74) is 1.36. The normalized spacial score (nSPS) is 25.9. The number of amides is 2. The van der Waals surface area contributed by atoms with Crippen LogP contribution in [0.5, 0.6) is 0 Å². The molecule has 1 fully saturated rings. The predicted octanol–water partition coefficient (Wildman–Crippen LogP) is 3.97. The molecule has 1 saturated heterocycles. The van der Waals surface area contributed by atoms with E-state index in [1.54, 1.807) is 17.9 Å². The lowest BCUT2D eigenvalue weighted by Crippen LogP contribution is -2.44. The third kappa shape index (κ3) is 5.47. The van der Waals surface area contributed by atoms with Crippen LogP contribution in [0.2, 0.25) is 5.02 Å². The first kappa shape index (κ1) is 26.2. The van der Waals surface area contributed by atoms with Crippen LogP contribution < -0.4 is 5.32 Å². The average Bonchev–Trinajstić information content (AvgIpc) is 3.08. The van der Waals surface area contributed by atoms with Gasteiger partial charge in [0, 0.05) is 19.1 Å². The highest BCUT2D eigenvalue weighted by Crippen LogP contribution is 2.44. The van der Waals surface area contributed by atoms with Gasteiger partial charge in [0.2, 0.25) is 11.8 Å². The minimum absolute atomic E-state index is 0.138. The number of esters is 1. The summed E-state index contributed by atoms with van der Waals surface area (Å²) < 4.78 is 5.31. The van der Waals surface area contributed by atoms with Gasteiger partial charge in [0.15, 0.2) is 0 Å². The molecule has 1 aliphatic carbocycles. The molecule has 0 bridgehead atoms. The number of ether oxygens (including phenoxy) is 1. The van der Waals surface area contributed by atoms with Gasteiger partial charge in [-0.05, 0) is 44.2 Å². The van der Waals surface area contributed by atoms with E-state index < -0.39 is 29.8 Å². The van der Waals surface area contributed by atoms with E-state index in [1.165, 1.54) is 0 Å². The number of hydrogen-bond donors (Lipinski definition) is 2. The number of carbonyl (C=O) groups is 3. The second-order valence-electron chi connectivity index (χ2n) is 9.16. The predicted molar refractivity (Wildman–Crippen MR) is 131 cm³/mol. The number of allylic oxidation sites excluding steroid dienone is 1. The van der Waals surface area contributed by atoms with Crippen LogP contribution in [-0.4, -0.2) is 53.6 Å². The Morgan fingerprint density at radius 3 is 2.59 bits per heavy atom. The van der Waals surface area contributed by atoms with E-state index in [4.69, 9.17) is 21.4 Å². The van der Waals surface area contributed by atoms with Gasteiger partial charge in [0.05, 0.1) is 29.2 Å². The van der Waals surface area contributed by atoms with Crippen LogP contribution in [0.4, 0.5) is 5.69 Å². The molecule has 34 heavy (non-hydrogen) atoms. The summed E-state index contributed by atoms with van der Waals surface area (Å²) in [7, 11) is 0. The molecule has 2 aliphatic rings. The summed E-state index contributed by atoms with van der Waals surface area (Å²) in [6.45, 7) is 6.30. The van der Waals surface area contributed by atoms with Crippen molar-refractivity contribution in [2.75, 3.05) is 25.1 Å². The molecule has 0 aromatic heterocycles. The van der Waals surface area contributed by atoms with Gasteiger partial charge in [-0.25, -0.2) is 0 Å². The summed E-state index contributed by atoms with van der Waals surface area (Å²) in [6.07, 6.45) is 6.94. The number of para-hydroxylation sites is 1. The van der Waals surface area contributed by atoms with E-state index in [0.717, 1.165) is 18.4 Å². The maximum absolute atomic E-state index is 13.7. The van der Waals surface area contributed by atoms with Gasteiger partial charge in [0.25, 0.3) is 0 Å². The fourth-order valence-corrected chi connectivity index (χ4v) is 5.43.